The van der Waals surface area contributed by atoms with Gasteiger partial charge in [-0.15, -0.1) is 0 Å². The summed E-state index contributed by atoms with van der Waals surface area (Å²) in [5.41, 5.74) is 0.753. The number of nitrogens with zero attached hydrogens (tertiary/aromatic N) is 2. The standard InChI is InChI=1S/C16H19FN2O2S/c1-4-19(5-2)15(20)11(3)22-16-18-10-14(21-16)12-6-8-13(17)9-7-12/h6-11H,4-5H2,1-3H3. The number of benzene rings is 1. The highest BCUT2D eigenvalue weighted by Crippen LogP contribution is 2.28. The third-order valence-corrected chi connectivity index (χ3v) is 4.26. The molecule has 0 aliphatic heterocycles. The lowest BCUT2D eigenvalue weighted by atomic mass is 10.2. The average molecular weight is 322 g/mol. The van der Waals surface area contributed by atoms with Crippen molar-refractivity contribution in [3.05, 3.63) is 36.3 Å². The maximum atomic E-state index is 12.9. The molecule has 0 saturated carbocycles. The van der Waals surface area contributed by atoms with Gasteiger partial charge in [-0.1, -0.05) is 11.8 Å². The van der Waals surface area contributed by atoms with Gasteiger partial charge in [-0.05, 0) is 45.0 Å². The van der Waals surface area contributed by atoms with Crippen LogP contribution in [0.1, 0.15) is 20.8 Å². The molecule has 0 spiro atoms. The summed E-state index contributed by atoms with van der Waals surface area (Å²) in [6, 6.07) is 6.01. The van der Waals surface area contributed by atoms with Crippen LogP contribution in [0.15, 0.2) is 40.1 Å². The highest BCUT2D eigenvalue weighted by atomic mass is 32.2. The molecule has 4 nitrogen and oxygen atoms in total. The monoisotopic (exact) mass is 322 g/mol. The van der Waals surface area contributed by atoms with Gasteiger partial charge >= 0.3 is 0 Å². The first-order chi connectivity index (χ1) is 10.5. The van der Waals surface area contributed by atoms with E-state index in [1.807, 2.05) is 20.8 Å². The predicted molar refractivity (Wildman–Crippen MR) is 85.1 cm³/mol. The smallest absolute Gasteiger partial charge is 0.256 e. The third-order valence-electron chi connectivity index (χ3n) is 3.31. The first kappa shape index (κ1) is 16.5. The van der Waals surface area contributed by atoms with Gasteiger partial charge < -0.3 is 9.32 Å². The molecule has 118 valence electrons. The third kappa shape index (κ3) is 3.88. The van der Waals surface area contributed by atoms with Crippen LogP contribution >= 0.6 is 11.8 Å². The number of carbonyl (C=O) groups is 1. The number of halogens is 1. The van der Waals surface area contributed by atoms with Crippen LogP contribution < -0.4 is 0 Å². The van der Waals surface area contributed by atoms with E-state index in [9.17, 15) is 9.18 Å². The molecule has 2 aromatic rings. The molecule has 1 aromatic carbocycles. The van der Waals surface area contributed by atoms with Crippen LogP contribution in [0.5, 0.6) is 0 Å². The minimum Gasteiger partial charge on any atom is -0.431 e. The second-order valence-electron chi connectivity index (χ2n) is 4.77. The van der Waals surface area contributed by atoms with E-state index < -0.39 is 0 Å². The van der Waals surface area contributed by atoms with Gasteiger partial charge in [-0.2, -0.15) is 0 Å². The molecule has 0 saturated heterocycles. The van der Waals surface area contributed by atoms with E-state index in [2.05, 4.69) is 4.98 Å². The molecule has 0 N–H and O–H groups in total. The van der Waals surface area contributed by atoms with Crippen molar-refractivity contribution >= 4 is 17.7 Å². The normalized spacial score (nSPS) is 12.2. The van der Waals surface area contributed by atoms with Crippen LogP contribution in [0.25, 0.3) is 11.3 Å². The summed E-state index contributed by atoms with van der Waals surface area (Å²) in [5, 5.41) is 0.173. The Bertz CT molecular complexity index is 623. The summed E-state index contributed by atoms with van der Waals surface area (Å²) in [4.78, 5) is 18.2. The average Bonchev–Trinajstić information content (AvgIpc) is 2.97. The molecule has 6 heteroatoms. The molecule has 1 amide bonds. The Kier molecular flexibility index (Phi) is 5.60. The van der Waals surface area contributed by atoms with Gasteiger partial charge in [0.05, 0.1) is 11.4 Å². The largest absolute Gasteiger partial charge is 0.431 e. The molecule has 1 aromatic heterocycles. The SMILES string of the molecule is CCN(CC)C(=O)C(C)Sc1ncc(-c2ccc(F)cc2)o1. The number of aromatic nitrogens is 1. The van der Waals surface area contributed by atoms with Crippen molar-refractivity contribution in [2.45, 2.75) is 31.2 Å². The zero-order valence-electron chi connectivity index (χ0n) is 12.9. The van der Waals surface area contributed by atoms with Gasteiger partial charge in [0, 0.05) is 18.7 Å². The van der Waals surface area contributed by atoms with Gasteiger partial charge in [0.25, 0.3) is 5.22 Å². The minimum absolute atomic E-state index is 0.0662. The Hall–Kier alpha value is -1.82. The first-order valence-corrected chi connectivity index (χ1v) is 8.10. The van der Waals surface area contributed by atoms with Gasteiger partial charge in [0.2, 0.25) is 5.91 Å². The van der Waals surface area contributed by atoms with Crippen molar-refractivity contribution in [2.75, 3.05) is 13.1 Å². The van der Waals surface area contributed by atoms with Crippen molar-refractivity contribution in [1.29, 1.82) is 0 Å². The van der Waals surface area contributed by atoms with E-state index in [1.165, 1.54) is 23.9 Å². The van der Waals surface area contributed by atoms with Gasteiger partial charge in [-0.25, -0.2) is 9.37 Å². The fourth-order valence-corrected chi connectivity index (χ4v) is 2.86. The van der Waals surface area contributed by atoms with Crippen LogP contribution in [0.3, 0.4) is 0 Å². The first-order valence-electron chi connectivity index (χ1n) is 7.22. The maximum absolute atomic E-state index is 12.9. The Morgan fingerprint density at radius 1 is 1.32 bits per heavy atom. The molecular formula is C16H19FN2O2S. The van der Waals surface area contributed by atoms with E-state index >= 15 is 0 Å². The summed E-state index contributed by atoms with van der Waals surface area (Å²) in [7, 11) is 0. The molecule has 1 heterocycles. The van der Waals surface area contributed by atoms with Crippen molar-refractivity contribution in [3.8, 4) is 11.3 Å². The molecule has 0 aliphatic carbocycles. The highest BCUT2D eigenvalue weighted by Gasteiger charge is 2.21. The lowest BCUT2D eigenvalue weighted by Crippen LogP contribution is -2.36. The highest BCUT2D eigenvalue weighted by molar-refractivity contribution is 8.00. The van der Waals surface area contributed by atoms with Gasteiger partial charge in [-0.3, -0.25) is 4.79 Å². The second kappa shape index (κ2) is 7.45. The fourth-order valence-electron chi connectivity index (χ4n) is 2.05. The lowest BCUT2D eigenvalue weighted by Gasteiger charge is -2.21. The van der Waals surface area contributed by atoms with Crippen molar-refractivity contribution < 1.29 is 13.6 Å². The number of hydrogen-bond donors (Lipinski definition) is 0. The number of oxazole rings is 1. The molecule has 0 bridgehead atoms. The molecule has 22 heavy (non-hydrogen) atoms. The zero-order chi connectivity index (χ0) is 16.1. The summed E-state index contributed by atoms with van der Waals surface area (Å²) in [5.74, 6) is 0.331. The summed E-state index contributed by atoms with van der Waals surface area (Å²) >= 11 is 1.29. The van der Waals surface area contributed by atoms with Gasteiger partial charge in [0.15, 0.2) is 5.76 Å². The van der Waals surface area contributed by atoms with E-state index in [4.69, 9.17) is 4.42 Å². The fraction of sp³-hybridized carbons (Fsp3) is 0.375. The van der Waals surface area contributed by atoms with Crippen LogP contribution in [0.4, 0.5) is 4.39 Å². The number of carbonyl (C=O) groups excluding carboxylic acids is 1. The van der Waals surface area contributed by atoms with E-state index in [0.29, 0.717) is 24.1 Å². The molecule has 2 rings (SSSR count). The van der Waals surface area contributed by atoms with Gasteiger partial charge in [0.1, 0.15) is 5.82 Å². The summed E-state index contributed by atoms with van der Waals surface area (Å²) in [6.07, 6.45) is 1.59. The predicted octanol–water partition coefficient (Wildman–Crippen LogP) is 3.83. The number of rotatable bonds is 6. The van der Waals surface area contributed by atoms with Crippen molar-refractivity contribution in [3.63, 3.8) is 0 Å². The number of amides is 1. The Labute approximate surface area is 133 Å². The zero-order valence-corrected chi connectivity index (χ0v) is 13.7. The molecule has 0 aliphatic rings. The lowest BCUT2D eigenvalue weighted by molar-refractivity contribution is -0.129. The van der Waals surface area contributed by atoms with Crippen LogP contribution in [0.2, 0.25) is 0 Å². The summed E-state index contributed by atoms with van der Waals surface area (Å²) < 4.78 is 18.6. The van der Waals surface area contributed by atoms with E-state index in [-0.39, 0.29) is 17.0 Å². The van der Waals surface area contributed by atoms with E-state index in [1.54, 1.807) is 23.2 Å². The van der Waals surface area contributed by atoms with Crippen LogP contribution in [0, 0.1) is 5.82 Å². The molecule has 0 radical (unpaired) electrons. The Morgan fingerprint density at radius 3 is 2.55 bits per heavy atom. The number of hydrogen-bond acceptors (Lipinski definition) is 4. The van der Waals surface area contributed by atoms with Crippen molar-refractivity contribution in [2.24, 2.45) is 0 Å². The van der Waals surface area contributed by atoms with E-state index in [0.717, 1.165) is 5.56 Å². The summed E-state index contributed by atoms with van der Waals surface area (Å²) in [6.45, 7) is 7.12. The van der Waals surface area contributed by atoms with Crippen molar-refractivity contribution in [1.82, 2.24) is 9.88 Å². The number of thioether (sulfide) groups is 1. The van der Waals surface area contributed by atoms with Crippen LogP contribution in [-0.2, 0) is 4.79 Å². The van der Waals surface area contributed by atoms with Crippen LogP contribution in [-0.4, -0.2) is 34.1 Å². The Morgan fingerprint density at radius 2 is 1.95 bits per heavy atom. The quantitative estimate of drug-likeness (QED) is 0.758. The second-order valence-corrected chi connectivity index (χ2v) is 6.06. The molecule has 1 unspecified atom stereocenters. The molecule has 0 fully saturated rings. The minimum atomic E-state index is -0.295. The maximum Gasteiger partial charge on any atom is 0.256 e. The molecule has 1 atom stereocenters. The Balaban J connectivity index is 2.05. The molecular weight excluding hydrogens is 303 g/mol. The topological polar surface area (TPSA) is 46.3 Å².